The number of aryl methyl sites for hydroxylation is 2. The molecule has 6 nitrogen and oxygen atoms in total. The fraction of sp³-hybridized carbons (Fsp3) is 0.125. The summed E-state index contributed by atoms with van der Waals surface area (Å²) in [7, 11) is 0. The van der Waals surface area contributed by atoms with E-state index in [9.17, 15) is 19.8 Å². The minimum absolute atomic E-state index is 0. The number of carboxylic acids is 2. The molecule has 0 aliphatic carbocycles. The summed E-state index contributed by atoms with van der Waals surface area (Å²) < 4.78 is 0. The van der Waals surface area contributed by atoms with Crippen molar-refractivity contribution in [1.82, 2.24) is 0 Å². The third-order valence-electron chi connectivity index (χ3n) is 2.57. The van der Waals surface area contributed by atoms with Crippen molar-refractivity contribution in [1.29, 1.82) is 0 Å². The maximum Gasteiger partial charge on any atom is 2.00 e. The van der Waals surface area contributed by atoms with E-state index in [-0.39, 0.29) is 49.4 Å². The van der Waals surface area contributed by atoms with Crippen LogP contribution in [0.2, 0.25) is 0 Å². The molecular weight excluding hydrogens is 401 g/mol. The molecule has 0 amide bonds. The average Bonchev–Trinajstić information content (AvgIpc) is 2.40. The second-order valence-corrected chi connectivity index (χ2v) is 4.31. The molecule has 7 heteroatoms. The van der Waals surface area contributed by atoms with E-state index in [1.165, 1.54) is 24.3 Å². The zero-order valence-corrected chi connectivity index (χ0v) is 17.1. The van der Waals surface area contributed by atoms with E-state index in [0.717, 1.165) is 11.1 Å². The van der Waals surface area contributed by atoms with Crippen LogP contribution in [0, 0.1) is 13.8 Å². The standard InChI is InChI=1S/2C8H8O2.Cd.2H2O/c2*1-6-2-4-7(5-3-6)8(9)10;;;/h2*2-5H,1H3,(H,9,10);;2*1H2/q;;+2;;. The Kier molecular flexibility index (Phi) is 14.5. The van der Waals surface area contributed by atoms with Gasteiger partial charge in [-0.1, -0.05) is 59.7 Å². The number of carbonyl (C=O) groups is 2. The van der Waals surface area contributed by atoms with Crippen LogP contribution in [0.3, 0.4) is 0 Å². The fourth-order valence-electron chi connectivity index (χ4n) is 1.38. The summed E-state index contributed by atoms with van der Waals surface area (Å²) in [5.74, 6) is -2.25. The molecule has 6 N–H and O–H groups in total. The van der Waals surface area contributed by atoms with E-state index in [0.29, 0.717) is 0 Å². The second-order valence-electron chi connectivity index (χ2n) is 4.31. The minimum atomic E-state index is -1.12. The van der Waals surface area contributed by atoms with Gasteiger partial charge in [0.25, 0.3) is 0 Å². The van der Waals surface area contributed by atoms with Gasteiger partial charge in [-0.2, -0.15) is 0 Å². The number of carbonyl (C=O) groups excluding carboxylic acids is 2. The van der Waals surface area contributed by atoms with Crippen molar-refractivity contribution in [2.45, 2.75) is 13.8 Å². The number of hydrogen-bond acceptors (Lipinski definition) is 4. The molecule has 0 radical (unpaired) electrons. The van der Waals surface area contributed by atoms with Gasteiger partial charge in [0.2, 0.25) is 0 Å². The molecule has 2 rings (SSSR count). The molecule has 0 bridgehead atoms. The van der Waals surface area contributed by atoms with Crippen molar-refractivity contribution in [2.75, 3.05) is 0 Å². The van der Waals surface area contributed by atoms with E-state index in [2.05, 4.69) is 0 Å². The van der Waals surface area contributed by atoms with Crippen molar-refractivity contribution in [3.8, 4) is 0 Å². The van der Waals surface area contributed by atoms with Crippen LogP contribution >= 0.6 is 0 Å². The molecule has 0 aromatic heterocycles. The van der Waals surface area contributed by atoms with Crippen molar-refractivity contribution in [2.24, 2.45) is 0 Å². The molecule has 0 aliphatic rings. The van der Waals surface area contributed by atoms with Crippen LogP contribution in [-0.2, 0) is 38.3 Å². The zero-order valence-electron chi connectivity index (χ0n) is 13.1. The molecule has 120 valence electrons. The predicted molar refractivity (Wildman–Crippen MR) is 80.8 cm³/mol. The van der Waals surface area contributed by atoms with Gasteiger partial charge < -0.3 is 30.8 Å². The normalized spacial score (nSPS) is 8.09. The Balaban J connectivity index is -0.000000308. The molecule has 0 spiro atoms. The van der Waals surface area contributed by atoms with Gasteiger partial charge in [-0.25, -0.2) is 0 Å². The van der Waals surface area contributed by atoms with Crippen LogP contribution in [-0.4, -0.2) is 11.9 Å². The molecule has 0 heterocycles. The first-order chi connectivity index (χ1) is 9.40. The summed E-state index contributed by atoms with van der Waals surface area (Å²) in [5, 5.41) is 20.4. The van der Waals surface area contributed by atoms with Crippen LogP contribution in [0.15, 0.2) is 48.5 Å². The van der Waals surface area contributed by atoms with E-state index < -0.39 is 11.9 Å². The van der Waals surface area contributed by atoms with Crippen LogP contribution in [0.4, 0.5) is 0 Å². The van der Waals surface area contributed by atoms with Gasteiger partial charge in [0.1, 0.15) is 0 Å². The van der Waals surface area contributed by atoms with Crippen molar-refractivity contribution in [3.63, 3.8) is 0 Å². The molecule has 0 atom stereocenters. The monoisotopic (exact) mass is 422 g/mol. The molecule has 0 saturated carbocycles. The Labute approximate surface area is 154 Å². The summed E-state index contributed by atoms with van der Waals surface area (Å²) in [4.78, 5) is 20.4. The molecule has 0 saturated heterocycles. The Bertz CT molecular complexity index is 537. The zero-order chi connectivity index (χ0) is 15.1. The smallest absolute Gasteiger partial charge is 0.545 e. The molecule has 0 fully saturated rings. The molecule has 2 aromatic carbocycles. The summed E-state index contributed by atoms with van der Waals surface area (Å²) in [6.07, 6.45) is 0. The second kappa shape index (κ2) is 12.7. The van der Waals surface area contributed by atoms with E-state index in [1.807, 2.05) is 13.8 Å². The van der Waals surface area contributed by atoms with Gasteiger partial charge in [-0.15, -0.1) is 0 Å². The average molecular weight is 421 g/mol. The van der Waals surface area contributed by atoms with E-state index in [1.54, 1.807) is 24.3 Å². The van der Waals surface area contributed by atoms with Gasteiger partial charge in [-0.05, 0) is 25.0 Å². The van der Waals surface area contributed by atoms with E-state index in [4.69, 9.17) is 0 Å². The largest absolute Gasteiger partial charge is 2.00 e. The maximum atomic E-state index is 10.2. The van der Waals surface area contributed by atoms with Gasteiger partial charge >= 0.3 is 27.3 Å². The van der Waals surface area contributed by atoms with Crippen LogP contribution in [0.25, 0.3) is 0 Å². The first-order valence-electron chi connectivity index (χ1n) is 5.96. The Hall–Kier alpha value is -1.78. The SMILES string of the molecule is Cc1ccc(C(=O)[O-])cc1.Cc1ccc(C(=O)[O-])cc1.[Cd+2].[OH3+].[OH3+]. The molecular formula is C16H20CdO6+2. The summed E-state index contributed by atoms with van der Waals surface area (Å²) in [5.41, 5.74) is 2.55. The fourth-order valence-corrected chi connectivity index (χ4v) is 1.38. The third-order valence-corrected chi connectivity index (χ3v) is 2.57. The molecule has 0 unspecified atom stereocenters. The Morgan fingerprint density at radius 2 is 0.870 bits per heavy atom. The van der Waals surface area contributed by atoms with Crippen LogP contribution < -0.4 is 10.2 Å². The van der Waals surface area contributed by atoms with Crippen LogP contribution in [0.5, 0.6) is 0 Å². The number of rotatable bonds is 2. The molecule has 23 heavy (non-hydrogen) atoms. The third kappa shape index (κ3) is 9.77. The van der Waals surface area contributed by atoms with Crippen molar-refractivity contribution >= 4 is 11.9 Å². The quantitative estimate of drug-likeness (QED) is 0.446. The Morgan fingerprint density at radius 3 is 1.04 bits per heavy atom. The minimum Gasteiger partial charge on any atom is -0.545 e. The first-order valence-corrected chi connectivity index (χ1v) is 5.96. The summed E-state index contributed by atoms with van der Waals surface area (Å²) >= 11 is 0. The Morgan fingerprint density at radius 1 is 0.652 bits per heavy atom. The van der Waals surface area contributed by atoms with E-state index >= 15 is 0 Å². The number of carboxylic acid groups (broad SMARTS) is 2. The van der Waals surface area contributed by atoms with Crippen LogP contribution in [0.1, 0.15) is 31.8 Å². The number of aromatic carboxylic acids is 2. The molecule has 0 aliphatic heterocycles. The summed E-state index contributed by atoms with van der Waals surface area (Å²) in [6.45, 7) is 3.80. The first kappa shape index (κ1) is 26.1. The number of hydrogen-bond donors (Lipinski definition) is 0. The van der Waals surface area contributed by atoms with Gasteiger partial charge in [0.15, 0.2) is 0 Å². The van der Waals surface area contributed by atoms with Crippen molar-refractivity contribution in [3.05, 3.63) is 70.8 Å². The maximum absolute atomic E-state index is 10.2. The van der Waals surface area contributed by atoms with Gasteiger partial charge in [0.05, 0.1) is 11.9 Å². The van der Waals surface area contributed by atoms with Gasteiger partial charge in [0, 0.05) is 0 Å². The topological polar surface area (TPSA) is 146 Å². The predicted octanol–water partition coefficient (Wildman–Crippen LogP) is -1.13. The number of benzene rings is 2. The summed E-state index contributed by atoms with van der Waals surface area (Å²) in [6, 6.07) is 13.1. The van der Waals surface area contributed by atoms with Crippen molar-refractivity contribution < 1.29 is 58.1 Å². The van der Waals surface area contributed by atoms with Gasteiger partial charge in [-0.3, -0.25) is 0 Å². The molecule has 2 aromatic rings.